The van der Waals surface area contributed by atoms with Crippen LogP contribution in [0.15, 0.2) is 12.2 Å². The minimum atomic E-state index is 0.452. The Labute approximate surface area is 64.3 Å². The first kappa shape index (κ1) is 7.84. The van der Waals surface area contributed by atoms with Gasteiger partial charge in [0.2, 0.25) is 0 Å². The van der Waals surface area contributed by atoms with Crippen LogP contribution in [0.1, 0.15) is 40.0 Å². The Kier molecular flexibility index (Phi) is 1.89. The van der Waals surface area contributed by atoms with E-state index in [1.807, 2.05) is 0 Å². The summed E-state index contributed by atoms with van der Waals surface area (Å²) in [5.41, 5.74) is 1.93. The first-order valence-electron chi connectivity index (χ1n) is 4.19. The van der Waals surface area contributed by atoms with Crippen molar-refractivity contribution >= 4 is 0 Å². The van der Waals surface area contributed by atoms with E-state index in [0.717, 1.165) is 5.92 Å². The number of hydrogen-bond acceptors (Lipinski definition) is 0. The third kappa shape index (κ3) is 1.42. The standard InChI is InChI=1S/C10H18/c1-8-6-5-7-9(8)10(2,3)4/h9H,1,5-7H2,2-4H3. The Morgan fingerprint density at radius 2 is 2.00 bits per heavy atom. The molecule has 1 rings (SSSR count). The highest BCUT2D eigenvalue weighted by Gasteiger charge is 2.29. The minimum absolute atomic E-state index is 0.452. The van der Waals surface area contributed by atoms with Crippen molar-refractivity contribution in [2.75, 3.05) is 0 Å². The highest BCUT2D eigenvalue weighted by atomic mass is 14.3. The summed E-state index contributed by atoms with van der Waals surface area (Å²) in [5.74, 6) is 0.785. The topological polar surface area (TPSA) is 0 Å². The molecule has 1 unspecified atom stereocenters. The lowest BCUT2D eigenvalue weighted by molar-refractivity contribution is 0.285. The fraction of sp³-hybridized carbons (Fsp3) is 0.800. The lowest BCUT2D eigenvalue weighted by atomic mass is 9.78. The Morgan fingerprint density at radius 3 is 2.20 bits per heavy atom. The molecule has 0 amide bonds. The zero-order valence-electron chi connectivity index (χ0n) is 7.41. The lowest BCUT2D eigenvalue weighted by Crippen LogP contribution is -2.18. The molecule has 0 bridgehead atoms. The monoisotopic (exact) mass is 138 g/mol. The molecule has 0 heteroatoms. The van der Waals surface area contributed by atoms with Gasteiger partial charge in [0, 0.05) is 0 Å². The van der Waals surface area contributed by atoms with E-state index in [4.69, 9.17) is 0 Å². The molecular formula is C10H18. The summed E-state index contributed by atoms with van der Waals surface area (Å²) in [7, 11) is 0. The van der Waals surface area contributed by atoms with Gasteiger partial charge in [-0.2, -0.15) is 0 Å². The predicted octanol–water partition coefficient (Wildman–Crippen LogP) is 3.39. The van der Waals surface area contributed by atoms with Gasteiger partial charge in [-0.15, -0.1) is 0 Å². The first-order chi connectivity index (χ1) is 4.52. The Morgan fingerprint density at radius 1 is 1.40 bits per heavy atom. The smallest absolute Gasteiger partial charge is 0.0157 e. The molecule has 0 spiro atoms. The Balaban J connectivity index is 2.64. The fourth-order valence-corrected chi connectivity index (χ4v) is 1.96. The van der Waals surface area contributed by atoms with E-state index in [0.29, 0.717) is 5.41 Å². The minimum Gasteiger partial charge on any atom is -0.0996 e. The molecule has 0 aromatic heterocycles. The molecule has 0 aromatic carbocycles. The van der Waals surface area contributed by atoms with Gasteiger partial charge in [-0.05, 0) is 30.6 Å². The molecule has 1 fully saturated rings. The summed E-state index contributed by atoms with van der Waals surface area (Å²) in [4.78, 5) is 0. The van der Waals surface area contributed by atoms with Gasteiger partial charge in [-0.3, -0.25) is 0 Å². The van der Waals surface area contributed by atoms with Gasteiger partial charge in [0.05, 0.1) is 0 Å². The molecule has 1 saturated carbocycles. The molecule has 0 nitrogen and oxygen atoms in total. The SMILES string of the molecule is C=C1CCCC1C(C)(C)C. The lowest BCUT2D eigenvalue weighted by Gasteiger charge is -2.27. The van der Waals surface area contributed by atoms with Gasteiger partial charge >= 0.3 is 0 Å². The van der Waals surface area contributed by atoms with E-state index < -0.39 is 0 Å². The number of hydrogen-bond donors (Lipinski definition) is 0. The maximum atomic E-state index is 4.10. The molecule has 0 saturated heterocycles. The van der Waals surface area contributed by atoms with E-state index >= 15 is 0 Å². The average molecular weight is 138 g/mol. The van der Waals surface area contributed by atoms with Crippen LogP contribution in [0.4, 0.5) is 0 Å². The Hall–Kier alpha value is -0.260. The van der Waals surface area contributed by atoms with Crippen LogP contribution >= 0.6 is 0 Å². The molecule has 10 heavy (non-hydrogen) atoms. The molecule has 0 heterocycles. The average Bonchev–Trinajstić information content (AvgIpc) is 2.11. The van der Waals surface area contributed by atoms with E-state index in [1.165, 1.54) is 24.8 Å². The van der Waals surface area contributed by atoms with Gasteiger partial charge in [-0.1, -0.05) is 32.9 Å². The summed E-state index contributed by atoms with van der Waals surface area (Å²) in [6.07, 6.45) is 3.99. The second-order valence-corrected chi connectivity index (χ2v) is 4.47. The van der Waals surface area contributed by atoms with Crippen molar-refractivity contribution in [1.82, 2.24) is 0 Å². The third-order valence-electron chi connectivity index (χ3n) is 2.53. The molecule has 58 valence electrons. The highest BCUT2D eigenvalue weighted by molar-refractivity contribution is 5.09. The summed E-state index contributed by atoms with van der Waals surface area (Å²) in [6.45, 7) is 11.0. The normalized spacial score (nSPS) is 27.5. The number of rotatable bonds is 0. The summed E-state index contributed by atoms with van der Waals surface area (Å²) < 4.78 is 0. The maximum Gasteiger partial charge on any atom is -0.0157 e. The van der Waals surface area contributed by atoms with Crippen LogP contribution in [0.5, 0.6) is 0 Å². The molecule has 0 N–H and O–H groups in total. The van der Waals surface area contributed by atoms with Crippen molar-refractivity contribution in [2.24, 2.45) is 11.3 Å². The zero-order valence-corrected chi connectivity index (χ0v) is 7.41. The van der Waals surface area contributed by atoms with Crippen LogP contribution < -0.4 is 0 Å². The van der Waals surface area contributed by atoms with Crippen LogP contribution in [-0.2, 0) is 0 Å². The van der Waals surface area contributed by atoms with E-state index in [1.54, 1.807) is 0 Å². The summed E-state index contributed by atoms with van der Waals surface area (Å²) in [6, 6.07) is 0. The van der Waals surface area contributed by atoms with E-state index in [-0.39, 0.29) is 0 Å². The Bertz CT molecular complexity index is 137. The zero-order chi connectivity index (χ0) is 7.78. The fourth-order valence-electron chi connectivity index (χ4n) is 1.96. The second-order valence-electron chi connectivity index (χ2n) is 4.47. The highest BCUT2D eigenvalue weighted by Crippen LogP contribution is 2.41. The summed E-state index contributed by atoms with van der Waals surface area (Å²) >= 11 is 0. The molecule has 1 atom stereocenters. The quantitative estimate of drug-likeness (QED) is 0.450. The molecule has 1 aliphatic carbocycles. The molecule has 0 aliphatic heterocycles. The first-order valence-corrected chi connectivity index (χ1v) is 4.19. The van der Waals surface area contributed by atoms with Crippen molar-refractivity contribution in [1.29, 1.82) is 0 Å². The van der Waals surface area contributed by atoms with Crippen molar-refractivity contribution in [3.05, 3.63) is 12.2 Å². The van der Waals surface area contributed by atoms with Gasteiger partial charge in [-0.25, -0.2) is 0 Å². The van der Waals surface area contributed by atoms with Gasteiger partial charge < -0.3 is 0 Å². The van der Waals surface area contributed by atoms with Gasteiger partial charge in [0.1, 0.15) is 0 Å². The van der Waals surface area contributed by atoms with Crippen molar-refractivity contribution in [3.63, 3.8) is 0 Å². The van der Waals surface area contributed by atoms with Crippen molar-refractivity contribution in [3.8, 4) is 0 Å². The maximum absolute atomic E-state index is 4.10. The summed E-state index contributed by atoms with van der Waals surface area (Å²) in [5, 5.41) is 0. The largest absolute Gasteiger partial charge is 0.0996 e. The van der Waals surface area contributed by atoms with Crippen LogP contribution in [0.3, 0.4) is 0 Å². The predicted molar refractivity (Wildman–Crippen MR) is 45.9 cm³/mol. The van der Waals surface area contributed by atoms with Gasteiger partial charge in [0.25, 0.3) is 0 Å². The van der Waals surface area contributed by atoms with E-state index in [2.05, 4.69) is 27.4 Å². The van der Waals surface area contributed by atoms with Crippen LogP contribution in [0.25, 0.3) is 0 Å². The second kappa shape index (κ2) is 2.41. The van der Waals surface area contributed by atoms with Crippen LogP contribution in [-0.4, -0.2) is 0 Å². The van der Waals surface area contributed by atoms with Crippen molar-refractivity contribution in [2.45, 2.75) is 40.0 Å². The molecule has 0 aromatic rings. The third-order valence-corrected chi connectivity index (χ3v) is 2.53. The molecule has 0 radical (unpaired) electrons. The van der Waals surface area contributed by atoms with Crippen LogP contribution in [0.2, 0.25) is 0 Å². The van der Waals surface area contributed by atoms with Gasteiger partial charge in [0.15, 0.2) is 0 Å². The molecular weight excluding hydrogens is 120 g/mol. The van der Waals surface area contributed by atoms with E-state index in [9.17, 15) is 0 Å². The van der Waals surface area contributed by atoms with Crippen molar-refractivity contribution < 1.29 is 0 Å². The van der Waals surface area contributed by atoms with Crippen LogP contribution in [0, 0.1) is 11.3 Å². The number of allylic oxidation sites excluding steroid dienone is 1. The molecule has 1 aliphatic rings.